The second-order valence-electron chi connectivity index (χ2n) is 4.91. The number of likely N-dealkylation sites (tertiary alicyclic amines) is 1. The topological polar surface area (TPSA) is 52.7 Å². The maximum Gasteiger partial charge on any atom is 0.279 e. The van der Waals surface area contributed by atoms with Crippen molar-refractivity contribution in [3.8, 4) is 0 Å². The monoisotopic (exact) mass is 263 g/mol. The zero-order valence-electron chi connectivity index (χ0n) is 11.1. The molecule has 0 amide bonds. The Kier molecular flexibility index (Phi) is 5.85. The highest BCUT2D eigenvalue weighted by Gasteiger charge is 2.20. The molecule has 1 aliphatic rings. The summed E-state index contributed by atoms with van der Waals surface area (Å²) in [5.41, 5.74) is 0. The van der Waals surface area contributed by atoms with Gasteiger partial charge in [-0.3, -0.25) is 0 Å². The van der Waals surface area contributed by atoms with Crippen LogP contribution in [0.2, 0.25) is 0 Å². The van der Waals surface area contributed by atoms with Gasteiger partial charge in [-0.15, -0.1) is 0 Å². The second-order valence-corrected chi connectivity index (χ2v) is 6.73. The average Bonchev–Trinajstić information content (AvgIpc) is 2.29. The molecule has 0 saturated carbocycles. The molecule has 0 aromatic heterocycles. The Morgan fingerprint density at radius 1 is 1.24 bits per heavy atom. The third kappa shape index (κ3) is 4.91. The molecule has 0 spiro atoms. The van der Waals surface area contributed by atoms with Crippen molar-refractivity contribution in [2.24, 2.45) is 0 Å². The Labute approximate surface area is 105 Å². The number of hydrogen-bond acceptors (Lipinski definition) is 3. The molecular formula is C11H25N3O2S. The number of hydrogen-bond donors (Lipinski definition) is 1. The van der Waals surface area contributed by atoms with Crippen LogP contribution in [0.5, 0.6) is 0 Å². The van der Waals surface area contributed by atoms with E-state index in [0.29, 0.717) is 6.54 Å². The fourth-order valence-corrected chi connectivity index (χ4v) is 3.00. The first kappa shape index (κ1) is 14.9. The first-order valence-corrected chi connectivity index (χ1v) is 7.82. The van der Waals surface area contributed by atoms with Crippen LogP contribution in [-0.2, 0) is 10.2 Å². The number of nitrogens with one attached hydrogen (secondary N) is 1. The second kappa shape index (κ2) is 6.68. The van der Waals surface area contributed by atoms with Crippen LogP contribution in [-0.4, -0.2) is 56.9 Å². The molecule has 1 aliphatic heterocycles. The maximum atomic E-state index is 11.8. The summed E-state index contributed by atoms with van der Waals surface area (Å²) in [6.07, 6.45) is 3.77. The van der Waals surface area contributed by atoms with E-state index in [0.717, 1.165) is 19.6 Å². The normalized spacial score (nSPS) is 19.1. The summed E-state index contributed by atoms with van der Waals surface area (Å²) in [5, 5.41) is 0. The lowest BCUT2D eigenvalue weighted by molar-refractivity contribution is 0.232. The molecule has 0 bridgehead atoms. The molecule has 0 radical (unpaired) electrons. The molecule has 1 N–H and O–H groups in total. The van der Waals surface area contributed by atoms with E-state index in [4.69, 9.17) is 0 Å². The SMILES string of the molecule is CC(C)N(C)S(=O)(=O)NCCN1CCCCC1. The van der Waals surface area contributed by atoms with Crippen LogP contribution in [0.1, 0.15) is 33.1 Å². The van der Waals surface area contributed by atoms with Crippen molar-refractivity contribution < 1.29 is 8.42 Å². The average molecular weight is 263 g/mol. The lowest BCUT2D eigenvalue weighted by Crippen LogP contribution is -2.45. The Balaban J connectivity index is 2.29. The van der Waals surface area contributed by atoms with E-state index >= 15 is 0 Å². The summed E-state index contributed by atoms with van der Waals surface area (Å²) in [5.74, 6) is 0. The number of nitrogens with zero attached hydrogens (tertiary/aromatic N) is 2. The molecule has 1 heterocycles. The van der Waals surface area contributed by atoms with Crippen molar-refractivity contribution in [1.82, 2.24) is 13.9 Å². The molecule has 0 aromatic carbocycles. The summed E-state index contributed by atoms with van der Waals surface area (Å²) in [6.45, 7) is 7.24. The molecule has 0 atom stereocenters. The molecule has 6 heteroatoms. The number of piperidine rings is 1. The van der Waals surface area contributed by atoms with Crippen LogP contribution in [0.4, 0.5) is 0 Å². The van der Waals surface area contributed by atoms with Crippen LogP contribution >= 0.6 is 0 Å². The van der Waals surface area contributed by atoms with Gasteiger partial charge in [0.05, 0.1) is 0 Å². The van der Waals surface area contributed by atoms with Crippen molar-refractivity contribution in [3.05, 3.63) is 0 Å². The molecule has 0 unspecified atom stereocenters. The summed E-state index contributed by atoms with van der Waals surface area (Å²) in [7, 11) is -1.70. The van der Waals surface area contributed by atoms with Gasteiger partial charge in [-0.2, -0.15) is 12.7 Å². The van der Waals surface area contributed by atoms with Crippen molar-refractivity contribution in [2.75, 3.05) is 33.2 Å². The highest BCUT2D eigenvalue weighted by Crippen LogP contribution is 2.07. The molecule has 1 fully saturated rings. The first-order chi connectivity index (χ1) is 7.93. The minimum Gasteiger partial charge on any atom is -0.302 e. The van der Waals surface area contributed by atoms with E-state index in [9.17, 15) is 8.42 Å². The minimum absolute atomic E-state index is 0.0116. The van der Waals surface area contributed by atoms with Crippen LogP contribution in [0.15, 0.2) is 0 Å². The van der Waals surface area contributed by atoms with Gasteiger partial charge in [0.2, 0.25) is 0 Å². The molecule has 5 nitrogen and oxygen atoms in total. The number of rotatable bonds is 6. The van der Waals surface area contributed by atoms with Gasteiger partial charge < -0.3 is 4.90 Å². The van der Waals surface area contributed by atoms with Gasteiger partial charge in [0, 0.05) is 26.2 Å². The molecule has 1 saturated heterocycles. The summed E-state index contributed by atoms with van der Waals surface area (Å²) in [6, 6.07) is -0.0116. The molecule has 0 aliphatic carbocycles. The largest absolute Gasteiger partial charge is 0.302 e. The van der Waals surface area contributed by atoms with Crippen molar-refractivity contribution in [1.29, 1.82) is 0 Å². The summed E-state index contributed by atoms with van der Waals surface area (Å²) < 4.78 is 27.6. The smallest absolute Gasteiger partial charge is 0.279 e. The first-order valence-electron chi connectivity index (χ1n) is 6.38. The summed E-state index contributed by atoms with van der Waals surface area (Å²) >= 11 is 0. The lowest BCUT2D eigenvalue weighted by atomic mass is 10.1. The van der Waals surface area contributed by atoms with Crippen LogP contribution in [0, 0.1) is 0 Å². The lowest BCUT2D eigenvalue weighted by Gasteiger charge is -2.27. The zero-order chi connectivity index (χ0) is 12.9. The Morgan fingerprint density at radius 2 is 1.82 bits per heavy atom. The van der Waals surface area contributed by atoms with Gasteiger partial charge in [-0.05, 0) is 39.8 Å². The maximum absolute atomic E-state index is 11.8. The predicted molar refractivity (Wildman–Crippen MR) is 70.1 cm³/mol. The fourth-order valence-electron chi connectivity index (χ4n) is 1.90. The zero-order valence-corrected chi connectivity index (χ0v) is 12.0. The van der Waals surface area contributed by atoms with Crippen LogP contribution < -0.4 is 4.72 Å². The van der Waals surface area contributed by atoms with Crippen LogP contribution in [0.25, 0.3) is 0 Å². The molecular weight excluding hydrogens is 238 g/mol. The highest BCUT2D eigenvalue weighted by atomic mass is 32.2. The standard InChI is InChI=1S/C11H25N3O2S/c1-11(2)13(3)17(15,16)12-7-10-14-8-5-4-6-9-14/h11-12H,4-10H2,1-3H3. The van der Waals surface area contributed by atoms with E-state index < -0.39 is 10.2 Å². The van der Waals surface area contributed by atoms with Gasteiger partial charge in [0.15, 0.2) is 0 Å². The molecule has 102 valence electrons. The van der Waals surface area contributed by atoms with Crippen LogP contribution in [0.3, 0.4) is 0 Å². The van der Waals surface area contributed by atoms with Gasteiger partial charge in [0.25, 0.3) is 10.2 Å². The quantitative estimate of drug-likeness (QED) is 0.765. The molecule has 17 heavy (non-hydrogen) atoms. The van der Waals surface area contributed by atoms with E-state index in [1.165, 1.54) is 23.6 Å². The Bertz CT molecular complexity index is 311. The van der Waals surface area contributed by atoms with E-state index in [-0.39, 0.29) is 6.04 Å². The Hall–Kier alpha value is -0.170. The third-order valence-electron chi connectivity index (χ3n) is 3.27. The van der Waals surface area contributed by atoms with Crippen molar-refractivity contribution in [3.63, 3.8) is 0 Å². The van der Waals surface area contributed by atoms with Gasteiger partial charge in [-0.1, -0.05) is 6.42 Å². The molecule has 0 aromatic rings. The highest BCUT2D eigenvalue weighted by molar-refractivity contribution is 7.87. The van der Waals surface area contributed by atoms with Crippen molar-refractivity contribution in [2.45, 2.75) is 39.2 Å². The minimum atomic E-state index is -3.30. The van der Waals surface area contributed by atoms with E-state index in [1.807, 2.05) is 13.8 Å². The molecule has 1 rings (SSSR count). The van der Waals surface area contributed by atoms with E-state index in [1.54, 1.807) is 7.05 Å². The van der Waals surface area contributed by atoms with Crippen molar-refractivity contribution >= 4 is 10.2 Å². The third-order valence-corrected chi connectivity index (χ3v) is 5.02. The Morgan fingerprint density at radius 3 is 2.35 bits per heavy atom. The van der Waals surface area contributed by atoms with E-state index in [2.05, 4.69) is 9.62 Å². The van der Waals surface area contributed by atoms with Gasteiger partial charge in [0.1, 0.15) is 0 Å². The fraction of sp³-hybridized carbons (Fsp3) is 1.00. The van der Waals surface area contributed by atoms with Gasteiger partial charge in [-0.25, -0.2) is 4.72 Å². The summed E-state index contributed by atoms with van der Waals surface area (Å²) in [4.78, 5) is 2.32. The predicted octanol–water partition coefficient (Wildman–Crippen LogP) is 0.647. The van der Waals surface area contributed by atoms with Gasteiger partial charge >= 0.3 is 0 Å².